The minimum absolute atomic E-state index is 0.0222. The summed E-state index contributed by atoms with van der Waals surface area (Å²) in [6, 6.07) is 15.5. The number of nitrogens with zero attached hydrogens (tertiary/aromatic N) is 1. The van der Waals surface area contributed by atoms with Crippen LogP contribution < -0.4 is 14.8 Å². The van der Waals surface area contributed by atoms with E-state index in [1.54, 1.807) is 14.2 Å². The van der Waals surface area contributed by atoms with E-state index in [1.807, 2.05) is 55.5 Å². The monoisotopic (exact) mass is 396 g/mol. The third kappa shape index (κ3) is 4.75. The number of rotatable bonds is 7. The molecule has 1 heterocycles. The molecule has 28 heavy (non-hydrogen) atoms. The van der Waals surface area contributed by atoms with Crippen molar-refractivity contribution in [2.45, 2.75) is 30.7 Å². The van der Waals surface area contributed by atoms with E-state index in [4.69, 9.17) is 14.5 Å². The standard InChI is InChI=1S/C22H24N2O3S/c1-14-11-21(24-20-12-18(27-4)9-10-19(14)20)28-15(2)22(25)23-13-16-5-7-17(26-3)8-6-16/h5-12,15H,13H2,1-4H3,(H,23,25). The van der Waals surface area contributed by atoms with Crippen molar-refractivity contribution in [2.75, 3.05) is 14.2 Å². The van der Waals surface area contributed by atoms with Crippen LogP contribution in [0.1, 0.15) is 18.1 Å². The summed E-state index contributed by atoms with van der Waals surface area (Å²) in [7, 11) is 3.27. The number of amides is 1. The molecule has 0 aliphatic heterocycles. The second-order valence-electron chi connectivity index (χ2n) is 6.49. The van der Waals surface area contributed by atoms with Gasteiger partial charge in [0.15, 0.2) is 0 Å². The van der Waals surface area contributed by atoms with E-state index in [2.05, 4.69) is 12.2 Å². The summed E-state index contributed by atoms with van der Waals surface area (Å²) < 4.78 is 10.4. The van der Waals surface area contributed by atoms with Crippen LogP contribution in [-0.4, -0.2) is 30.4 Å². The highest BCUT2D eigenvalue weighted by molar-refractivity contribution is 8.00. The van der Waals surface area contributed by atoms with Crippen LogP contribution in [0.4, 0.5) is 0 Å². The van der Waals surface area contributed by atoms with Gasteiger partial charge in [-0.1, -0.05) is 23.9 Å². The highest BCUT2D eigenvalue weighted by Gasteiger charge is 2.16. The second-order valence-corrected chi connectivity index (χ2v) is 7.85. The topological polar surface area (TPSA) is 60.5 Å². The van der Waals surface area contributed by atoms with Gasteiger partial charge in [-0.25, -0.2) is 4.98 Å². The van der Waals surface area contributed by atoms with E-state index in [0.29, 0.717) is 6.54 Å². The Hall–Kier alpha value is -2.73. The van der Waals surface area contributed by atoms with Crippen molar-refractivity contribution in [3.8, 4) is 11.5 Å². The molecule has 1 unspecified atom stereocenters. The molecule has 6 heteroatoms. The van der Waals surface area contributed by atoms with Gasteiger partial charge in [0.25, 0.3) is 0 Å². The summed E-state index contributed by atoms with van der Waals surface area (Å²) in [5, 5.41) is 4.63. The maximum atomic E-state index is 12.5. The normalized spacial score (nSPS) is 11.9. The molecular formula is C22H24N2O3S. The van der Waals surface area contributed by atoms with Crippen molar-refractivity contribution in [2.24, 2.45) is 0 Å². The molecule has 3 rings (SSSR count). The fourth-order valence-electron chi connectivity index (χ4n) is 2.85. The van der Waals surface area contributed by atoms with Gasteiger partial charge >= 0.3 is 0 Å². The summed E-state index contributed by atoms with van der Waals surface area (Å²) in [5.74, 6) is 1.55. The van der Waals surface area contributed by atoms with Crippen LogP contribution in [0.25, 0.3) is 10.9 Å². The Morgan fingerprint density at radius 2 is 1.75 bits per heavy atom. The number of aromatic nitrogens is 1. The maximum Gasteiger partial charge on any atom is 0.233 e. The summed E-state index contributed by atoms with van der Waals surface area (Å²) in [6.07, 6.45) is 0. The molecule has 0 saturated heterocycles. The fraction of sp³-hybridized carbons (Fsp3) is 0.273. The van der Waals surface area contributed by atoms with E-state index in [-0.39, 0.29) is 11.2 Å². The Labute approximate surface area is 169 Å². The third-order valence-corrected chi connectivity index (χ3v) is 5.51. The van der Waals surface area contributed by atoms with Crippen molar-refractivity contribution in [1.82, 2.24) is 10.3 Å². The molecule has 1 N–H and O–H groups in total. The first-order valence-electron chi connectivity index (χ1n) is 9.03. The zero-order valence-corrected chi connectivity index (χ0v) is 17.3. The molecule has 0 saturated carbocycles. The smallest absolute Gasteiger partial charge is 0.233 e. The van der Waals surface area contributed by atoms with Gasteiger partial charge in [-0.15, -0.1) is 0 Å². The number of nitrogens with one attached hydrogen (secondary N) is 1. The van der Waals surface area contributed by atoms with Crippen molar-refractivity contribution in [3.05, 3.63) is 59.7 Å². The predicted octanol–water partition coefficient (Wildman–Crippen LogP) is 4.36. The Balaban J connectivity index is 1.65. The van der Waals surface area contributed by atoms with Crippen LogP contribution >= 0.6 is 11.8 Å². The maximum absolute atomic E-state index is 12.5. The van der Waals surface area contributed by atoms with Crippen LogP contribution in [-0.2, 0) is 11.3 Å². The number of thioether (sulfide) groups is 1. The molecule has 1 atom stereocenters. The number of hydrogen-bond donors (Lipinski definition) is 1. The van der Waals surface area contributed by atoms with Gasteiger partial charge in [0, 0.05) is 18.0 Å². The molecule has 5 nitrogen and oxygen atoms in total. The molecule has 2 aromatic carbocycles. The number of methoxy groups -OCH3 is 2. The van der Waals surface area contributed by atoms with Crippen LogP contribution in [0, 0.1) is 6.92 Å². The fourth-order valence-corrected chi connectivity index (χ4v) is 3.80. The molecule has 0 fully saturated rings. The van der Waals surface area contributed by atoms with Gasteiger partial charge in [0.1, 0.15) is 11.5 Å². The first-order valence-corrected chi connectivity index (χ1v) is 9.91. The number of carbonyl (C=O) groups excluding carboxylic acids is 1. The van der Waals surface area contributed by atoms with Crippen LogP contribution in [0.15, 0.2) is 53.6 Å². The molecule has 3 aromatic rings. The van der Waals surface area contributed by atoms with Gasteiger partial charge in [0.2, 0.25) is 5.91 Å². The van der Waals surface area contributed by atoms with E-state index < -0.39 is 0 Å². The summed E-state index contributed by atoms with van der Waals surface area (Å²) in [4.78, 5) is 17.2. The molecule has 1 aromatic heterocycles. The number of ether oxygens (including phenoxy) is 2. The van der Waals surface area contributed by atoms with Gasteiger partial charge in [0.05, 0.1) is 30.0 Å². The first kappa shape index (κ1) is 20.0. The van der Waals surface area contributed by atoms with Crippen molar-refractivity contribution in [1.29, 1.82) is 0 Å². The average Bonchev–Trinajstić information content (AvgIpc) is 2.71. The van der Waals surface area contributed by atoms with Crippen molar-refractivity contribution < 1.29 is 14.3 Å². The molecule has 0 bridgehead atoms. The highest BCUT2D eigenvalue weighted by atomic mass is 32.2. The van der Waals surface area contributed by atoms with E-state index >= 15 is 0 Å². The molecule has 0 spiro atoms. The lowest BCUT2D eigenvalue weighted by Crippen LogP contribution is -2.30. The number of benzene rings is 2. The van der Waals surface area contributed by atoms with Gasteiger partial charge in [-0.3, -0.25) is 4.79 Å². The molecule has 146 valence electrons. The van der Waals surface area contributed by atoms with Gasteiger partial charge in [-0.2, -0.15) is 0 Å². The highest BCUT2D eigenvalue weighted by Crippen LogP contribution is 2.28. The number of hydrogen-bond acceptors (Lipinski definition) is 5. The largest absolute Gasteiger partial charge is 0.497 e. The lowest BCUT2D eigenvalue weighted by Gasteiger charge is -2.13. The zero-order valence-electron chi connectivity index (χ0n) is 16.5. The van der Waals surface area contributed by atoms with Crippen LogP contribution in [0.5, 0.6) is 11.5 Å². The van der Waals surface area contributed by atoms with Crippen molar-refractivity contribution in [3.63, 3.8) is 0 Å². The summed E-state index contributed by atoms with van der Waals surface area (Å²) >= 11 is 1.45. The number of pyridine rings is 1. The number of carbonyl (C=O) groups is 1. The molecule has 0 aliphatic carbocycles. The van der Waals surface area contributed by atoms with Crippen LogP contribution in [0.3, 0.4) is 0 Å². The summed E-state index contributed by atoms with van der Waals surface area (Å²) in [5.41, 5.74) is 3.02. The van der Waals surface area contributed by atoms with E-state index in [0.717, 1.165) is 38.6 Å². The quantitative estimate of drug-likeness (QED) is 0.602. The Morgan fingerprint density at radius 1 is 1.07 bits per heavy atom. The zero-order chi connectivity index (χ0) is 20.1. The van der Waals surface area contributed by atoms with Gasteiger partial charge < -0.3 is 14.8 Å². The number of aryl methyl sites for hydroxylation is 1. The predicted molar refractivity (Wildman–Crippen MR) is 113 cm³/mol. The molecular weight excluding hydrogens is 372 g/mol. The third-order valence-electron chi connectivity index (χ3n) is 4.49. The minimum Gasteiger partial charge on any atom is -0.497 e. The van der Waals surface area contributed by atoms with Crippen molar-refractivity contribution >= 4 is 28.6 Å². The minimum atomic E-state index is -0.256. The molecule has 1 amide bonds. The van der Waals surface area contributed by atoms with E-state index in [9.17, 15) is 4.79 Å². The summed E-state index contributed by atoms with van der Waals surface area (Å²) in [6.45, 7) is 4.42. The molecule has 0 radical (unpaired) electrons. The average molecular weight is 397 g/mol. The van der Waals surface area contributed by atoms with Crippen LogP contribution in [0.2, 0.25) is 0 Å². The molecule has 0 aliphatic rings. The van der Waals surface area contributed by atoms with E-state index in [1.165, 1.54) is 11.8 Å². The lowest BCUT2D eigenvalue weighted by atomic mass is 10.1. The Morgan fingerprint density at radius 3 is 2.43 bits per heavy atom. The Kier molecular flexibility index (Phi) is 6.41. The SMILES string of the molecule is COc1ccc(CNC(=O)C(C)Sc2cc(C)c3ccc(OC)cc3n2)cc1. The first-order chi connectivity index (χ1) is 13.5. The number of fused-ring (bicyclic) bond motifs is 1. The Bertz CT molecular complexity index is 973. The second kappa shape index (κ2) is 8.97. The van der Waals surface area contributed by atoms with Gasteiger partial charge in [-0.05, 0) is 55.3 Å². The lowest BCUT2D eigenvalue weighted by molar-refractivity contribution is -0.120.